The van der Waals surface area contributed by atoms with Gasteiger partial charge in [0.25, 0.3) is 0 Å². The van der Waals surface area contributed by atoms with E-state index in [0.29, 0.717) is 6.54 Å². The third-order valence-corrected chi connectivity index (χ3v) is 3.08. The predicted octanol–water partition coefficient (Wildman–Crippen LogP) is 1.93. The molecule has 2 heterocycles. The number of rotatable bonds is 2. The molecule has 0 amide bonds. The van der Waals surface area contributed by atoms with E-state index < -0.39 is 0 Å². The summed E-state index contributed by atoms with van der Waals surface area (Å²) in [5.41, 5.74) is 3.33. The largest absolute Gasteiger partial charge is 0.356 e. The second kappa shape index (κ2) is 6.23. The third kappa shape index (κ3) is 3.17. The molecule has 0 atom stereocenters. The van der Waals surface area contributed by atoms with Crippen molar-refractivity contribution >= 4 is 41.0 Å². The molecular formula is C13H18IN5. The highest BCUT2D eigenvalue weighted by molar-refractivity contribution is 14.0. The van der Waals surface area contributed by atoms with Gasteiger partial charge in [-0.15, -0.1) is 24.0 Å². The van der Waals surface area contributed by atoms with Gasteiger partial charge in [0, 0.05) is 13.1 Å². The molecule has 102 valence electrons. The number of nitrogens with zero attached hydrogens (tertiary/aromatic N) is 2. The van der Waals surface area contributed by atoms with Crippen LogP contribution < -0.4 is 10.6 Å². The first-order chi connectivity index (χ1) is 8.83. The lowest BCUT2D eigenvalue weighted by molar-refractivity contribution is 0.695. The molecule has 0 saturated carbocycles. The number of hydrogen-bond acceptors (Lipinski definition) is 4. The molecule has 6 heteroatoms. The summed E-state index contributed by atoms with van der Waals surface area (Å²) in [6.07, 6.45) is 1.11. The van der Waals surface area contributed by atoms with Gasteiger partial charge in [0.15, 0.2) is 5.96 Å². The Hall–Kier alpha value is -1.31. The van der Waals surface area contributed by atoms with Gasteiger partial charge in [0.2, 0.25) is 0 Å². The molecule has 19 heavy (non-hydrogen) atoms. The van der Waals surface area contributed by atoms with E-state index in [1.165, 1.54) is 5.56 Å². The first-order valence-corrected chi connectivity index (χ1v) is 6.29. The minimum absolute atomic E-state index is 0. The van der Waals surface area contributed by atoms with Gasteiger partial charge >= 0.3 is 0 Å². The van der Waals surface area contributed by atoms with Gasteiger partial charge in [-0.1, -0.05) is 12.1 Å². The first-order valence-electron chi connectivity index (χ1n) is 6.29. The third-order valence-electron chi connectivity index (χ3n) is 3.08. The molecule has 0 bridgehead atoms. The molecule has 5 nitrogen and oxygen atoms in total. The maximum Gasteiger partial charge on any atom is 0.191 e. The summed E-state index contributed by atoms with van der Waals surface area (Å²) in [6, 6.07) is 6.17. The second-order valence-corrected chi connectivity index (χ2v) is 4.52. The molecule has 1 aromatic carbocycles. The van der Waals surface area contributed by atoms with Crippen molar-refractivity contribution < 1.29 is 0 Å². The normalized spacial score (nSPS) is 14.5. The van der Waals surface area contributed by atoms with Crippen LogP contribution in [0.2, 0.25) is 0 Å². The SMILES string of the molecule is Cc1cccc2[nH]c(CNC3=NCCCN3)nc12.I. The molecule has 0 unspecified atom stereocenters. The Bertz CT molecular complexity index is 590. The highest BCUT2D eigenvalue weighted by atomic mass is 127. The van der Waals surface area contributed by atoms with Crippen LogP contribution >= 0.6 is 24.0 Å². The molecule has 3 rings (SSSR count). The van der Waals surface area contributed by atoms with E-state index in [2.05, 4.69) is 44.7 Å². The van der Waals surface area contributed by atoms with Crippen LogP contribution in [0.15, 0.2) is 23.2 Å². The molecule has 0 spiro atoms. The summed E-state index contributed by atoms with van der Waals surface area (Å²) >= 11 is 0. The number of aryl methyl sites for hydroxylation is 1. The summed E-state index contributed by atoms with van der Waals surface area (Å²) in [7, 11) is 0. The monoisotopic (exact) mass is 371 g/mol. The molecule has 0 fully saturated rings. The van der Waals surface area contributed by atoms with Crippen molar-refractivity contribution in [1.82, 2.24) is 20.6 Å². The summed E-state index contributed by atoms with van der Waals surface area (Å²) in [4.78, 5) is 12.3. The molecule has 0 radical (unpaired) electrons. The smallest absolute Gasteiger partial charge is 0.191 e. The second-order valence-electron chi connectivity index (χ2n) is 4.52. The van der Waals surface area contributed by atoms with Gasteiger partial charge in [-0.3, -0.25) is 4.99 Å². The highest BCUT2D eigenvalue weighted by Crippen LogP contribution is 2.15. The van der Waals surface area contributed by atoms with E-state index in [-0.39, 0.29) is 24.0 Å². The quantitative estimate of drug-likeness (QED) is 0.707. The van der Waals surface area contributed by atoms with Gasteiger partial charge < -0.3 is 15.6 Å². The van der Waals surface area contributed by atoms with Crippen molar-refractivity contribution in [1.29, 1.82) is 0 Å². The summed E-state index contributed by atoms with van der Waals surface area (Å²) in [5.74, 6) is 1.81. The van der Waals surface area contributed by atoms with Gasteiger partial charge in [0.05, 0.1) is 17.6 Å². The Morgan fingerprint density at radius 1 is 1.37 bits per heavy atom. The minimum atomic E-state index is 0. The molecule has 3 N–H and O–H groups in total. The number of fused-ring (bicyclic) bond motifs is 1. The highest BCUT2D eigenvalue weighted by Gasteiger charge is 2.07. The van der Waals surface area contributed by atoms with Crippen molar-refractivity contribution in [3.8, 4) is 0 Å². The van der Waals surface area contributed by atoms with Gasteiger partial charge in [0.1, 0.15) is 5.82 Å². The maximum absolute atomic E-state index is 4.60. The van der Waals surface area contributed by atoms with Crippen molar-refractivity contribution in [3.63, 3.8) is 0 Å². The van der Waals surface area contributed by atoms with Crippen molar-refractivity contribution in [2.24, 2.45) is 4.99 Å². The van der Waals surface area contributed by atoms with E-state index in [0.717, 1.165) is 42.3 Å². The van der Waals surface area contributed by atoms with Crippen LogP contribution in [-0.4, -0.2) is 29.0 Å². The zero-order valence-electron chi connectivity index (χ0n) is 10.9. The number of benzene rings is 1. The molecular weight excluding hydrogens is 353 g/mol. The summed E-state index contributed by atoms with van der Waals surface area (Å²) in [5, 5.41) is 6.50. The number of nitrogens with one attached hydrogen (secondary N) is 3. The lowest BCUT2D eigenvalue weighted by atomic mass is 10.2. The van der Waals surface area contributed by atoms with Gasteiger partial charge in [-0.05, 0) is 25.0 Å². The zero-order valence-corrected chi connectivity index (χ0v) is 13.2. The van der Waals surface area contributed by atoms with E-state index in [1.807, 2.05) is 6.07 Å². The number of halogens is 1. The Morgan fingerprint density at radius 2 is 2.26 bits per heavy atom. The fourth-order valence-electron chi connectivity index (χ4n) is 2.13. The van der Waals surface area contributed by atoms with Crippen molar-refractivity contribution in [2.45, 2.75) is 19.9 Å². The van der Waals surface area contributed by atoms with Gasteiger partial charge in [-0.25, -0.2) is 4.98 Å². The molecule has 1 aromatic heterocycles. The van der Waals surface area contributed by atoms with Crippen molar-refractivity contribution in [3.05, 3.63) is 29.6 Å². The Balaban J connectivity index is 0.00000133. The van der Waals surface area contributed by atoms with E-state index in [1.54, 1.807) is 0 Å². The lowest BCUT2D eigenvalue weighted by Gasteiger charge is -2.15. The van der Waals surface area contributed by atoms with E-state index in [4.69, 9.17) is 0 Å². The van der Waals surface area contributed by atoms with E-state index >= 15 is 0 Å². The van der Waals surface area contributed by atoms with Crippen LogP contribution in [0.3, 0.4) is 0 Å². The number of aromatic nitrogens is 2. The fourth-order valence-corrected chi connectivity index (χ4v) is 2.13. The van der Waals surface area contributed by atoms with Crippen LogP contribution in [0.1, 0.15) is 17.8 Å². The zero-order chi connectivity index (χ0) is 12.4. The Labute approximate surface area is 129 Å². The molecule has 1 aliphatic heterocycles. The van der Waals surface area contributed by atoms with Crippen LogP contribution in [0, 0.1) is 6.92 Å². The Kier molecular flexibility index (Phi) is 4.62. The Morgan fingerprint density at radius 3 is 3.00 bits per heavy atom. The molecule has 0 aliphatic carbocycles. The average molecular weight is 371 g/mol. The summed E-state index contributed by atoms with van der Waals surface area (Å²) < 4.78 is 0. The fraction of sp³-hybridized carbons (Fsp3) is 0.385. The number of aliphatic imine (C=N–C) groups is 1. The number of para-hydroxylation sites is 1. The van der Waals surface area contributed by atoms with Crippen molar-refractivity contribution in [2.75, 3.05) is 13.1 Å². The molecule has 1 aliphatic rings. The van der Waals surface area contributed by atoms with Crippen LogP contribution in [0.5, 0.6) is 0 Å². The number of H-pyrrole nitrogens is 1. The topological polar surface area (TPSA) is 65.1 Å². The summed E-state index contributed by atoms with van der Waals surface area (Å²) in [6.45, 7) is 4.63. The first kappa shape index (κ1) is 14.1. The predicted molar refractivity (Wildman–Crippen MR) is 88.0 cm³/mol. The van der Waals surface area contributed by atoms with E-state index in [9.17, 15) is 0 Å². The number of hydrogen-bond donors (Lipinski definition) is 3. The average Bonchev–Trinajstić information content (AvgIpc) is 2.82. The van der Waals surface area contributed by atoms with Crippen LogP contribution in [-0.2, 0) is 6.54 Å². The lowest BCUT2D eigenvalue weighted by Crippen LogP contribution is -2.40. The van der Waals surface area contributed by atoms with Crippen LogP contribution in [0.25, 0.3) is 11.0 Å². The minimum Gasteiger partial charge on any atom is -0.356 e. The maximum atomic E-state index is 4.60. The molecule has 0 saturated heterocycles. The number of aromatic amines is 1. The standard InChI is InChI=1S/C13H17N5.HI/c1-9-4-2-5-10-12(9)18-11(17-10)8-16-13-14-6-3-7-15-13;/h2,4-5H,3,6-8H2,1H3,(H,17,18)(H2,14,15,16);1H. The van der Waals surface area contributed by atoms with Gasteiger partial charge in [-0.2, -0.15) is 0 Å². The number of imidazole rings is 1. The van der Waals surface area contributed by atoms with Crippen LogP contribution in [0.4, 0.5) is 0 Å². The molecule has 2 aromatic rings. The number of guanidine groups is 1.